The van der Waals surface area contributed by atoms with Gasteiger partial charge in [0.15, 0.2) is 0 Å². The molecule has 1 heterocycles. The fourth-order valence-electron chi connectivity index (χ4n) is 2.89. The first-order valence-electron chi connectivity index (χ1n) is 7.34. The van der Waals surface area contributed by atoms with Crippen molar-refractivity contribution in [1.29, 1.82) is 0 Å². The number of nitro groups is 1. The summed E-state index contributed by atoms with van der Waals surface area (Å²) in [7, 11) is 0. The van der Waals surface area contributed by atoms with E-state index in [1.165, 1.54) is 24.3 Å². The van der Waals surface area contributed by atoms with Gasteiger partial charge in [-0.05, 0) is 55.7 Å². The SMILES string of the molecule is C[C@H]1CCc2cc(Br)ccc2N1C(=O)c1ccc([N+](=O)[O-])cc1. The number of carbonyl (C=O) groups is 1. The molecule has 1 atom stereocenters. The second-order valence-corrected chi connectivity index (χ2v) is 6.56. The van der Waals surface area contributed by atoms with E-state index in [2.05, 4.69) is 15.9 Å². The normalized spacial score (nSPS) is 16.8. The van der Waals surface area contributed by atoms with Crippen LogP contribution in [-0.4, -0.2) is 16.9 Å². The molecule has 0 spiro atoms. The molecule has 2 aromatic rings. The van der Waals surface area contributed by atoms with Crippen LogP contribution >= 0.6 is 15.9 Å². The maximum absolute atomic E-state index is 12.9. The Labute approximate surface area is 142 Å². The molecule has 0 unspecified atom stereocenters. The van der Waals surface area contributed by atoms with Gasteiger partial charge in [0.05, 0.1) is 4.92 Å². The van der Waals surface area contributed by atoms with Gasteiger partial charge >= 0.3 is 0 Å². The molecular formula is C17H15BrN2O3. The third-order valence-corrected chi connectivity index (χ3v) is 4.61. The first-order chi connectivity index (χ1) is 11.0. The van der Waals surface area contributed by atoms with Crippen LogP contribution in [-0.2, 0) is 6.42 Å². The number of fused-ring (bicyclic) bond motifs is 1. The van der Waals surface area contributed by atoms with E-state index in [0.29, 0.717) is 5.56 Å². The highest BCUT2D eigenvalue weighted by molar-refractivity contribution is 9.10. The molecule has 0 saturated heterocycles. The maximum Gasteiger partial charge on any atom is 0.269 e. The summed E-state index contributed by atoms with van der Waals surface area (Å²) in [6.45, 7) is 2.02. The monoisotopic (exact) mass is 374 g/mol. The number of amides is 1. The Morgan fingerprint density at radius 3 is 2.61 bits per heavy atom. The first-order valence-corrected chi connectivity index (χ1v) is 8.13. The maximum atomic E-state index is 12.9. The van der Waals surface area contributed by atoms with Gasteiger partial charge in [-0.2, -0.15) is 0 Å². The summed E-state index contributed by atoms with van der Waals surface area (Å²) < 4.78 is 0.994. The Hall–Kier alpha value is -2.21. The molecule has 0 N–H and O–H groups in total. The zero-order chi connectivity index (χ0) is 16.6. The number of halogens is 1. The number of anilines is 1. The van der Waals surface area contributed by atoms with E-state index >= 15 is 0 Å². The molecule has 5 nitrogen and oxygen atoms in total. The number of nitro benzene ring substituents is 1. The van der Waals surface area contributed by atoms with Gasteiger partial charge in [-0.1, -0.05) is 15.9 Å². The van der Waals surface area contributed by atoms with Crippen LogP contribution in [0.25, 0.3) is 0 Å². The topological polar surface area (TPSA) is 63.5 Å². The molecule has 0 radical (unpaired) electrons. The Kier molecular flexibility index (Phi) is 4.17. The van der Waals surface area contributed by atoms with Gasteiger partial charge < -0.3 is 4.90 Å². The molecule has 0 saturated carbocycles. The van der Waals surface area contributed by atoms with E-state index < -0.39 is 4.92 Å². The summed E-state index contributed by atoms with van der Waals surface area (Å²) >= 11 is 3.46. The summed E-state index contributed by atoms with van der Waals surface area (Å²) in [5.41, 5.74) is 2.49. The quantitative estimate of drug-likeness (QED) is 0.580. The van der Waals surface area contributed by atoms with Gasteiger partial charge in [0, 0.05) is 33.9 Å². The summed E-state index contributed by atoms with van der Waals surface area (Å²) in [5, 5.41) is 10.7. The predicted octanol–water partition coefficient (Wildman–Crippen LogP) is 4.34. The minimum absolute atomic E-state index is 0.0161. The van der Waals surface area contributed by atoms with Gasteiger partial charge in [0.25, 0.3) is 11.6 Å². The van der Waals surface area contributed by atoms with Gasteiger partial charge in [0.1, 0.15) is 0 Å². The molecule has 2 aromatic carbocycles. The van der Waals surface area contributed by atoms with Gasteiger partial charge in [-0.15, -0.1) is 0 Å². The first kappa shape index (κ1) is 15.7. The molecule has 1 aliphatic rings. The molecule has 3 rings (SSSR count). The summed E-state index contributed by atoms with van der Waals surface area (Å²) in [4.78, 5) is 24.9. The minimum Gasteiger partial charge on any atom is -0.305 e. The van der Waals surface area contributed by atoms with Crippen molar-refractivity contribution in [2.24, 2.45) is 0 Å². The van der Waals surface area contributed by atoms with Crippen molar-refractivity contribution in [1.82, 2.24) is 0 Å². The van der Waals surface area contributed by atoms with E-state index in [1.54, 1.807) is 4.90 Å². The highest BCUT2D eigenvalue weighted by Gasteiger charge is 2.29. The Morgan fingerprint density at radius 2 is 1.96 bits per heavy atom. The van der Waals surface area contributed by atoms with Crippen molar-refractivity contribution < 1.29 is 9.72 Å². The fourth-order valence-corrected chi connectivity index (χ4v) is 3.30. The average Bonchev–Trinajstić information content (AvgIpc) is 2.54. The Morgan fingerprint density at radius 1 is 1.26 bits per heavy atom. The third kappa shape index (κ3) is 2.99. The molecule has 0 aromatic heterocycles. The molecule has 0 fully saturated rings. The second-order valence-electron chi connectivity index (χ2n) is 5.64. The minimum atomic E-state index is -0.468. The highest BCUT2D eigenvalue weighted by Crippen LogP contribution is 2.34. The zero-order valence-electron chi connectivity index (χ0n) is 12.5. The standard InChI is InChI=1S/C17H15BrN2O3/c1-11-2-3-13-10-14(18)6-9-16(13)19(11)17(21)12-4-7-15(8-5-12)20(22)23/h4-11H,2-3H2,1H3/t11-/m0/s1. The Bertz CT molecular complexity index is 774. The molecule has 118 valence electrons. The van der Waals surface area contributed by atoms with E-state index in [4.69, 9.17) is 0 Å². The number of carbonyl (C=O) groups excluding carboxylic acids is 1. The second kappa shape index (κ2) is 6.12. The molecular weight excluding hydrogens is 360 g/mol. The third-order valence-electron chi connectivity index (χ3n) is 4.12. The van der Waals surface area contributed by atoms with Crippen molar-refractivity contribution in [3.8, 4) is 0 Å². The number of hydrogen-bond donors (Lipinski definition) is 0. The largest absolute Gasteiger partial charge is 0.305 e. The molecule has 1 amide bonds. The number of aryl methyl sites for hydroxylation is 1. The van der Waals surface area contributed by atoms with Crippen LogP contribution in [0.1, 0.15) is 29.3 Å². The zero-order valence-corrected chi connectivity index (χ0v) is 14.1. The van der Waals surface area contributed by atoms with Crippen LogP contribution in [0.3, 0.4) is 0 Å². The lowest BCUT2D eigenvalue weighted by Crippen LogP contribution is -2.42. The van der Waals surface area contributed by atoms with Crippen molar-refractivity contribution in [3.63, 3.8) is 0 Å². The molecule has 1 aliphatic heterocycles. The van der Waals surface area contributed by atoms with Crippen molar-refractivity contribution in [3.05, 3.63) is 68.2 Å². The van der Waals surface area contributed by atoms with E-state index in [-0.39, 0.29) is 17.6 Å². The number of hydrogen-bond acceptors (Lipinski definition) is 3. The summed E-state index contributed by atoms with van der Waals surface area (Å²) in [6, 6.07) is 11.8. The number of benzene rings is 2. The van der Waals surface area contributed by atoms with E-state index in [1.807, 2.05) is 25.1 Å². The van der Waals surface area contributed by atoms with Crippen molar-refractivity contribution in [2.75, 3.05) is 4.90 Å². The average molecular weight is 375 g/mol. The smallest absolute Gasteiger partial charge is 0.269 e. The summed E-state index contributed by atoms with van der Waals surface area (Å²) in [6.07, 6.45) is 1.82. The van der Waals surface area contributed by atoms with Crippen LogP contribution in [0.2, 0.25) is 0 Å². The lowest BCUT2D eigenvalue weighted by molar-refractivity contribution is -0.384. The molecule has 0 aliphatic carbocycles. The van der Waals surface area contributed by atoms with Crippen LogP contribution in [0.4, 0.5) is 11.4 Å². The lowest BCUT2D eigenvalue weighted by Gasteiger charge is -2.35. The van der Waals surface area contributed by atoms with E-state index in [9.17, 15) is 14.9 Å². The number of nitrogens with zero attached hydrogens (tertiary/aromatic N) is 2. The lowest BCUT2D eigenvalue weighted by atomic mass is 9.95. The molecule has 6 heteroatoms. The van der Waals surface area contributed by atoms with Crippen molar-refractivity contribution >= 4 is 33.2 Å². The van der Waals surface area contributed by atoms with Gasteiger partial charge in [-0.3, -0.25) is 14.9 Å². The predicted molar refractivity (Wildman–Crippen MR) is 91.8 cm³/mol. The number of non-ortho nitro benzene ring substituents is 1. The van der Waals surface area contributed by atoms with Gasteiger partial charge in [-0.25, -0.2) is 0 Å². The van der Waals surface area contributed by atoms with E-state index in [0.717, 1.165) is 28.6 Å². The summed E-state index contributed by atoms with van der Waals surface area (Å²) in [5.74, 6) is -0.129. The van der Waals surface area contributed by atoms with Crippen LogP contribution in [0.15, 0.2) is 46.9 Å². The van der Waals surface area contributed by atoms with Crippen LogP contribution in [0, 0.1) is 10.1 Å². The fraction of sp³-hybridized carbons (Fsp3) is 0.235. The van der Waals surface area contributed by atoms with Crippen LogP contribution < -0.4 is 4.90 Å². The highest BCUT2D eigenvalue weighted by atomic mass is 79.9. The van der Waals surface area contributed by atoms with Crippen molar-refractivity contribution in [2.45, 2.75) is 25.8 Å². The Balaban J connectivity index is 1.97. The molecule has 23 heavy (non-hydrogen) atoms. The van der Waals surface area contributed by atoms with Gasteiger partial charge in [0.2, 0.25) is 0 Å². The van der Waals surface area contributed by atoms with Crippen LogP contribution in [0.5, 0.6) is 0 Å². The molecule has 0 bridgehead atoms. The number of rotatable bonds is 2.